The normalized spacial score (nSPS) is 25.6. The first-order valence-corrected chi connectivity index (χ1v) is 9.54. The molecule has 0 aromatic heterocycles. The summed E-state index contributed by atoms with van der Waals surface area (Å²) in [6, 6.07) is 0. The third-order valence-corrected chi connectivity index (χ3v) is 5.66. The lowest BCUT2D eigenvalue weighted by molar-refractivity contribution is -0.147. The third-order valence-electron chi connectivity index (χ3n) is 5.66. The van der Waals surface area contributed by atoms with E-state index >= 15 is 0 Å². The van der Waals surface area contributed by atoms with Crippen molar-refractivity contribution >= 4 is 17.7 Å². The predicted molar refractivity (Wildman–Crippen MR) is 93.7 cm³/mol. The molecule has 7 nitrogen and oxygen atoms in total. The van der Waals surface area contributed by atoms with Crippen molar-refractivity contribution in [3.63, 3.8) is 0 Å². The molecule has 7 heteroatoms. The Balaban J connectivity index is 1.35. The molecule has 25 heavy (non-hydrogen) atoms. The Kier molecular flexibility index (Phi) is 5.93. The molecule has 0 saturated carbocycles. The molecule has 3 fully saturated rings. The highest BCUT2D eigenvalue weighted by atomic mass is 16.2. The monoisotopic (exact) mass is 350 g/mol. The maximum atomic E-state index is 12.3. The van der Waals surface area contributed by atoms with E-state index in [2.05, 4.69) is 17.3 Å². The Hall–Kier alpha value is -1.63. The zero-order valence-electron chi connectivity index (χ0n) is 15.2. The first-order chi connectivity index (χ1) is 12.0. The molecule has 3 heterocycles. The van der Waals surface area contributed by atoms with Gasteiger partial charge in [-0.25, -0.2) is 0 Å². The Labute approximate surface area is 149 Å². The van der Waals surface area contributed by atoms with E-state index in [-0.39, 0.29) is 30.2 Å². The molecule has 3 saturated heterocycles. The van der Waals surface area contributed by atoms with E-state index in [1.807, 2.05) is 0 Å². The highest BCUT2D eigenvalue weighted by Crippen LogP contribution is 2.18. The van der Waals surface area contributed by atoms with E-state index in [1.165, 1.54) is 0 Å². The maximum absolute atomic E-state index is 12.3. The van der Waals surface area contributed by atoms with Crippen molar-refractivity contribution in [1.82, 2.24) is 20.0 Å². The van der Waals surface area contributed by atoms with Crippen LogP contribution in [0, 0.1) is 11.8 Å². The molecule has 140 valence electrons. The number of amides is 3. The van der Waals surface area contributed by atoms with Gasteiger partial charge in [0.05, 0.1) is 12.5 Å². The van der Waals surface area contributed by atoms with Gasteiger partial charge in [-0.05, 0) is 38.8 Å². The summed E-state index contributed by atoms with van der Waals surface area (Å²) in [5.74, 6) is 0.562. The molecule has 1 unspecified atom stereocenters. The number of hydrogen-bond donors (Lipinski definition) is 1. The number of carbonyl (C=O) groups excluding carboxylic acids is 3. The van der Waals surface area contributed by atoms with Crippen LogP contribution in [0.25, 0.3) is 0 Å². The van der Waals surface area contributed by atoms with Gasteiger partial charge >= 0.3 is 0 Å². The Morgan fingerprint density at radius 3 is 2.64 bits per heavy atom. The summed E-state index contributed by atoms with van der Waals surface area (Å²) in [4.78, 5) is 42.1. The molecule has 0 aliphatic carbocycles. The van der Waals surface area contributed by atoms with Gasteiger partial charge < -0.3 is 20.0 Å². The van der Waals surface area contributed by atoms with Gasteiger partial charge in [0.15, 0.2) is 0 Å². The predicted octanol–water partition coefficient (Wildman–Crippen LogP) is -0.0847. The Bertz CT molecular complexity index is 518. The van der Waals surface area contributed by atoms with E-state index < -0.39 is 0 Å². The van der Waals surface area contributed by atoms with Gasteiger partial charge in [0.2, 0.25) is 17.7 Å². The molecule has 3 aliphatic heterocycles. The van der Waals surface area contributed by atoms with Gasteiger partial charge in [-0.2, -0.15) is 0 Å². The van der Waals surface area contributed by atoms with Gasteiger partial charge in [-0.15, -0.1) is 0 Å². The molecular weight excluding hydrogens is 320 g/mol. The van der Waals surface area contributed by atoms with Gasteiger partial charge in [0, 0.05) is 39.1 Å². The van der Waals surface area contributed by atoms with Crippen LogP contribution in [-0.4, -0.2) is 85.3 Å². The summed E-state index contributed by atoms with van der Waals surface area (Å²) in [6.07, 6.45) is 4.64. The van der Waals surface area contributed by atoms with Gasteiger partial charge in [0.1, 0.15) is 0 Å². The van der Waals surface area contributed by atoms with Crippen molar-refractivity contribution in [1.29, 1.82) is 0 Å². The zero-order chi connectivity index (χ0) is 17.8. The molecule has 0 bridgehead atoms. The summed E-state index contributed by atoms with van der Waals surface area (Å²) in [7, 11) is 2.10. The van der Waals surface area contributed by atoms with Crippen LogP contribution in [0.2, 0.25) is 0 Å². The molecule has 1 atom stereocenters. The summed E-state index contributed by atoms with van der Waals surface area (Å²) >= 11 is 0. The number of nitrogens with one attached hydrogen (secondary N) is 1. The molecule has 3 amide bonds. The van der Waals surface area contributed by atoms with Crippen molar-refractivity contribution in [2.75, 3.05) is 52.9 Å². The van der Waals surface area contributed by atoms with Crippen LogP contribution in [0.1, 0.15) is 32.1 Å². The van der Waals surface area contributed by atoms with Crippen LogP contribution in [0.15, 0.2) is 0 Å². The summed E-state index contributed by atoms with van der Waals surface area (Å²) in [6.45, 7) is 4.69. The molecule has 3 rings (SSSR count). The summed E-state index contributed by atoms with van der Waals surface area (Å²) < 4.78 is 0. The minimum absolute atomic E-state index is 0.0308. The molecule has 0 aromatic rings. The fraction of sp³-hybridized carbons (Fsp3) is 0.833. The van der Waals surface area contributed by atoms with Gasteiger partial charge in [-0.3, -0.25) is 14.4 Å². The van der Waals surface area contributed by atoms with Gasteiger partial charge in [0.25, 0.3) is 0 Å². The molecule has 3 aliphatic rings. The summed E-state index contributed by atoms with van der Waals surface area (Å²) in [5.41, 5.74) is 0. The number of rotatable bonds is 5. The van der Waals surface area contributed by atoms with E-state index in [0.29, 0.717) is 32.0 Å². The SMILES string of the molecule is CN1CCC(CNC(=O)C2CN(C(=O)CN3CCCCCC3=O)C2)C1. The number of nitrogens with zero attached hydrogens (tertiary/aromatic N) is 3. The van der Waals surface area contributed by atoms with E-state index in [1.54, 1.807) is 9.80 Å². The molecule has 0 spiro atoms. The van der Waals surface area contributed by atoms with Crippen molar-refractivity contribution in [3.8, 4) is 0 Å². The highest BCUT2D eigenvalue weighted by molar-refractivity contribution is 5.88. The Morgan fingerprint density at radius 2 is 1.92 bits per heavy atom. The summed E-state index contributed by atoms with van der Waals surface area (Å²) in [5, 5.41) is 3.04. The van der Waals surface area contributed by atoms with E-state index in [0.717, 1.165) is 45.3 Å². The largest absolute Gasteiger partial charge is 0.355 e. The highest BCUT2D eigenvalue weighted by Gasteiger charge is 2.36. The van der Waals surface area contributed by atoms with E-state index in [4.69, 9.17) is 0 Å². The first-order valence-electron chi connectivity index (χ1n) is 9.54. The zero-order valence-corrected chi connectivity index (χ0v) is 15.2. The van der Waals surface area contributed by atoms with Crippen LogP contribution in [0.5, 0.6) is 0 Å². The number of carbonyl (C=O) groups is 3. The molecule has 1 N–H and O–H groups in total. The van der Waals surface area contributed by atoms with Crippen molar-refractivity contribution in [3.05, 3.63) is 0 Å². The average molecular weight is 350 g/mol. The topological polar surface area (TPSA) is 73.0 Å². The molecular formula is C18H30N4O3. The minimum atomic E-state index is -0.0945. The smallest absolute Gasteiger partial charge is 0.242 e. The third kappa shape index (κ3) is 4.71. The second-order valence-electron chi connectivity index (χ2n) is 7.78. The lowest BCUT2D eigenvalue weighted by Gasteiger charge is -2.39. The van der Waals surface area contributed by atoms with Crippen LogP contribution in [0.3, 0.4) is 0 Å². The second-order valence-corrected chi connectivity index (χ2v) is 7.78. The first kappa shape index (κ1) is 18.2. The van der Waals surface area contributed by atoms with Crippen LogP contribution < -0.4 is 5.32 Å². The fourth-order valence-electron chi connectivity index (χ4n) is 3.90. The van der Waals surface area contributed by atoms with Crippen molar-refractivity contribution in [2.24, 2.45) is 11.8 Å². The van der Waals surface area contributed by atoms with E-state index in [9.17, 15) is 14.4 Å². The lowest BCUT2D eigenvalue weighted by atomic mass is 9.98. The maximum Gasteiger partial charge on any atom is 0.242 e. The number of hydrogen-bond acceptors (Lipinski definition) is 4. The standard InChI is InChI=1S/C18H30N4O3/c1-20-8-6-14(10-20)9-19-18(25)15-11-22(12-15)17(24)13-21-7-4-2-3-5-16(21)23/h14-15H,2-13H2,1H3,(H,19,25). The quantitative estimate of drug-likeness (QED) is 0.752. The number of likely N-dealkylation sites (tertiary alicyclic amines) is 3. The molecule has 0 radical (unpaired) electrons. The van der Waals surface area contributed by atoms with Crippen LogP contribution >= 0.6 is 0 Å². The van der Waals surface area contributed by atoms with Crippen LogP contribution in [-0.2, 0) is 14.4 Å². The minimum Gasteiger partial charge on any atom is -0.355 e. The lowest BCUT2D eigenvalue weighted by Crippen LogP contribution is -2.58. The van der Waals surface area contributed by atoms with Crippen LogP contribution in [0.4, 0.5) is 0 Å². The van der Waals surface area contributed by atoms with Gasteiger partial charge in [-0.1, -0.05) is 6.42 Å². The Morgan fingerprint density at radius 1 is 1.12 bits per heavy atom. The molecule has 0 aromatic carbocycles. The van der Waals surface area contributed by atoms with Crippen molar-refractivity contribution in [2.45, 2.75) is 32.1 Å². The van der Waals surface area contributed by atoms with Crippen molar-refractivity contribution < 1.29 is 14.4 Å². The average Bonchev–Trinajstić information content (AvgIpc) is 2.84. The fourth-order valence-corrected chi connectivity index (χ4v) is 3.90. The second kappa shape index (κ2) is 8.17.